The second kappa shape index (κ2) is 6.59. The van der Waals surface area contributed by atoms with Crippen molar-refractivity contribution in [1.82, 2.24) is 4.90 Å². The molecule has 1 amide bonds. The van der Waals surface area contributed by atoms with E-state index in [4.69, 9.17) is 5.73 Å². The average Bonchev–Trinajstić information content (AvgIpc) is 2.64. The first-order chi connectivity index (χ1) is 9.49. The van der Waals surface area contributed by atoms with Gasteiger partial charge in [-0.1, -0.05) is 15.9 Å². The van der Waals surface area contributed by atoms with Crippen molar-refractivity contribution >= 4 is 27.5 Å². The second-order valence-corrected chi connectivity index (χ2v) is 6.25. The summed E-state index contributed by atoms with van der Waals surface area (Å²) in [5, 5.41) is 0. The Morgan fingerprint density at radius 3 is 2.70 bits per heavy atom. The molecule has 1 saturated heterocycles. The van der Waals surface area contributed by atoms with Crippen molar-refractivity contribution in [2.45, 2.75) is 26.3 Å². The maximum Gasteiger partial charge on any atom is 0.219 e. The third kappa shape index (κ3) is 3.52. The van der Waals surface area contributed by atoms with Gasteiger partial charge < -0.3 is 15.5 Å². The SMILES string of the molecule is CC(=O)N1CCCN(c2ccc(Br)cc2C(C)N)CC1. The molecule has 1 aliphatic heterocycles. The maximum atomic E-state index is 11.5. The van der Waals surface area contributed by atoms with E-state index in [9.17, 15) is 4.79 Å². The summed E-state index contributed by atoms with van der Waals surface area (Å²) in [4.78, 5) is 15.8. The number of rotatable bonds is 2. The Morgan fingerprint density at radius 1 is 1.30 bits per heavy atom. The minimum atomic E-state index is -0.00494. The molecule has 1 aromatic rings. The van der Waals surface area contributed by atoms with Crippen LogP contribution < -0.4 is 10.6 Å². The van der Waals surface area contributed by atoms with E-state index in [1.807, 2.05) is 11.8 Å². The van der Waals surface area contributed by atoms with E-state index in [0.29, 0.717) is 0 Å². The fourth-order valence-corrected chi connectivity index (χ4v) is 3.03. The van der Waals surface area contributed by atoms with Crippen molar-refractivity contribution in [3.05, 3.63) is 28.2 Å². The van der Waals surface area contributed by atoms with Crippen LogP contribution in [0.1, 0.15) is 31.9 Å². The lowest BCUT2D eigenvalue weighted by molar-refractivity contribution is -0.128. The molecule has 0 aromatic heterocycles. The smallest absolute Gasteiger partial charge is 0.219 e. The molecule has 2 rings (SSSR count). The molecular weight excluding hydrogens is 318 g/mol. The van der Waals surface area contributed by atoms with Crippen LogP contribution in [0.5, 0.6) is 0 Å². The van der Waals surface area contributed by atoms with Gasteiger partial charge >= 0.3 is 0 Å². The van der Waals surface area contributed by atoms with Crippen molar-refractivity contribution in [2.75, 3.05) is 31.1 Å². The van der Waals surface area contributed by atoms with Crippen LogP contribution in [0.2, 0.25) is 0 Å². The van der Waals surface area contributed by atoms with Crippen LogP contribution in [0.25, 0.3) is 0 Å². The Bertz CT molecular complexity index is 490. The minimum absolute atomic E-state index is 0.00494. The molecule has 5 heteroatoms. The van der Waals surface area contributed by atoms with Gasteiger partial charge in [-0.05, 0) is 37.1 Å². The predicted octanol–water partition coefficient (Wildman–Crippen LogP) is 2.53. The fourth-order valence-electron chi connectivity index (χ4n) is 2.65. The van der Waals surface area contributed by atoms with Crippen molar-refractivity contribution in [1.29, 1.82) is 0 Å². The molecule has 0 spiro atoms. The number of amides is 1. The Kier molecular flexibility index (Phi) is 5.05. The summed E-state index contributed by atoms with van der Waals surface area (Å²) in [5.74, 6) is 0.162. The largest absolute Gasteiger partial charge is 0.369 e. The lowest BCUT2D eigenvalue weighted by Crippen LogP contribution is -2.34. The number of anilines is 1. The first-order valence-corrected chi connectivity index (χ1v) is 7.84. The molecule has 0 aliphatic carbocycles. The number of nitrogens with zero attached hydrogens (tertiary/aromatic N) is 2. The Hall–Kier alpha value is -1.07. The van der Waals surface area contributed by atoms with Gasteiger partial charge in [0, 0.05) is 49.3 Å². The average molecular weight is 340 g/mol. The number of hydrogen-bond acceptors (Lipinski definition) is 3. The highest BCUT2D eigenvalue weighted by atomic mass is 79.9. The van der Waals surface area contributed by atoms with Crippen LogP contribution >= 0.6 is 15.9 Å². The summed E-state index contributed by atoms with van der Waals surface area (Å²) in [6.45, 7) is 7.10. The summed E-state index contributed by atoms with van der Waals surface area (Å²) in [7, 11) is 0. The molecule has 1 unspecified atom stereocenters. The van der Waals surface area contributed by atoms with Gasteiger partial charge in [0.25, 0.3) is 0 Å². The predicted molar refractivity (Wildman–Crippen MR) is 85.8 cm³/mol. The maximum absolute atomic E-state index is 11.5. The van der Waals surface area contributed by atoms with Crippen molar-refractivity contribution in [3.63, 3.8) is 0 Å². The molecule has 1 aromatic carbocycles. The summed E-state index contributed by atoms with van der Waals surface area (Å²) in [6.07, 6.45) is 0.994. The first-order valence-electron chi connectivity index (χ1n) is 7.04. The Labute approximate surface area is 129 Å². The number of halogens is 1. The molecule has 1 atom stereocenters. The van der Waals surface area contributed by atoms with Gasteiger partial charge in [-0.25, -0.2) is 0 Å². The van der Waals surface area contributed by atoms with Gasteiger partial charge in [0.05, 0.1) is 0 Å². The van der Waals surface area contributed by atoms with E-state index in [1.165, 1.54) is 5.69 Å². The van der Waals surface area contributed by atoms with Gasteiger partial charge in [0.2, 0.25) is 5.91 Å². The Balaban J connectivity index is 2.21. The van der Waals surface area contributed by atoms with Crippen molar-refractivity contribution in [3.8, 4) is 0 Å². The molecule has 2 N–H and O–H groups in total. The molecule has 1 fully saturated rings. The minimum Gasteiger partial charge on any atom is -0.369 e. The summed E-state index contributed by atoms with van der Waals surface area (Å²) >= 11 is 3.51. The van der Waals surface area contributed by atoms with E-state index in [2.05, 4.69) is 39.0 Å². The van der Waals surface area contributed by atoms with Crippen LogP contribution in [0, 0.1) is 0 Å². The fraction of sp³-hybridized carbons (Fsp3) is 0.533. The topological polar surface area (TPSA) is 49.6 Å². The summed E-state index contributed by atoms with van der Waals surface area (Å²) in [5.41, 5.74) is 8.43. The highest BCUT2D eigenvalue weighted by Gasteiger charge is 2.19. The highest BCUT2D eigenvalue weighted by Crippen LogP contribution is 2.29. The van der Waals surface area contributed by atoms with E-state index >= 15 is 0 Å². The van der Waals surface area contributed by atoms with Gasteiger partial charge in [0.15, 0.2) is 0 Å². The monoisotopic (exact) mass is 339 g/mol. The molecule has 1 aliphatic rings. The molecule has 110 valence electrons. The molecule has 0 radical (unpaired) electrons. The zero-order valence-electron chi connectivity index (χ0n) is 12.1. The zero-order chi connectivity index (χ0) is 14.7. The van der Waals surface area contributed by atoms with Crippen molar-refractivity contribution < 1.29 is 4.79 Å². The molecule has 1 heterocycles. The lowest BCUT2D eigenvalue weighted by atomic mass is 10.1. The molecule has 4 nitrogen and oxygen atoms in total. The first kappa shape index (κ1) is 15.3. The van der Waals surface area contributed by atoms with Gasteiger partial charge in [0.1, 0.15) is 0 Å². The number of hydrogen-bond donors (Lipinski definition) is 1. The quantitative estimate of drug-likeness (QED) is 0.900. The van der Waals surface area contributed by atoms with Crippen LogP contribution in [-0.2, 0) is 4.79 Å². The van der Waals surface area contributed by atoms with E-state index < -0.39 is 0 Å². The molecule has 20 heavy (non-hydrogen) atoms. The van der Waals surface area contributed by atoms with Gasteiger partial charge in [-0.2, -0.15) is 0 Å². The van der Waals surface area contributed by atoms with Crippen LogP contribution in [0.3, 0.4) is 0 Å². The third-order valence-electron chi connectivity index (χ3n) is 3.76. The van der Waals surface area contributed by atoms with Crippen LogP contribution in [0.15, 0.2) is 22.7 Å². The van der Waals surface area contributed by atoms with Gasteiger partial charge in [-0.3, -0.25) is 4.79 Å². The highest BCUT2D eigenvalue weighted by molar-refractivity contribution is 9.10. The summed E-state index contributed by atoms with van der Waals surface area (Å²) < 4.78 is 1.05. The zero-order valence-corrected chi connectivity index (χ0v) is 13.7. The van der Waals surface area contributed by atoms with Crippen LogP contribution in [0.4, 0.5) is 5.69 Å². The van der Waals surface area contributed by atoms with E-state index in [0.717, 1.165) is 42.6 Å². The van der Waals surface area contributed by atoms with Gasteiger partial charge in [-0.15, -0.1) is 0 Å². The number of carbonyl (C=O) groups is 1. The number of benzene rings is 1. The molecule has 0 saturated carbocycles. The standard InChI is InChI=1S/C15H22BrN3O/c1-11(17)14-10-13(16)4-5-15(14)19-7-3-6-18(8-9-19)12(2)20/h4-5,10-11H,3,6-9,17H2,1-2H3. The summed E-state index contributed by atoms with van der Waals surface area (Å²) in [6, 6.07) is 6.25. The normalized spacial score (nSPS) is 17.8. The van der Waals surface area contributed by atoms with E-state index in [1.54, 1.807) is 6.92 Å². The van der Waals surface area contributed by atoms with Crippen molar-refractivity contribution in [2.24, 2.45) is 5.73 Å². The molecule has 0 bridgehead atoms. The van der Waals surface area contributed by atoms with E-state index in [-0.39, 0.29) is 11.9 Å². The van der Waals surface area contributed by atoms with Crippen LogP contribution in [-0.4, -0.2) is 37.0 Å². The molecular formula is C15H22BrN3O. The number of nitrogens with two attached hydrogens (primary N) is 1. The third-order valence-corrected chi connectivity index (χ3v) is 4.26. The Morgan fingerprint density at radius 2 is 2.05 bits per heavy atom. The number of carbonyl (C=O) groups excluding carboxylic acids is 1. The lowest BCUT2D eigenvalue weighted by Gasteiger charge is -2.27. The second-order valence-electron chi connectivity index (χ2n) is 5.34.